The smallest absolute Gasteiger partial charge is 0.307 e. The molecule has 0 aliphatic heterocycles. The van der Waals surface area contributed by atoms with Crippen LogP contribution in [0.5, 0.6) is 0 Å². The highest BCUT2D eigenvalue weighted by atomic mass is 16.6. The standard InChI is InChI=1S/C14H24O2/c1-10(2)14(8,11(3)4)9-12(15)16-13(5,6)7/h1,3,9H2,2,4-8H3. The van der Waals surface area contributed by atoms with Gasteiger partial charge in [-0.15, -0.1) is 0 Å². The van der Waals surface area contributed by atoms with Gasteiger partial charge >= 0.3 is 5.97 Å². The predicted octanol–water partition coefficient (Wildman–Crippen LogP) is 3.88. The van der Waals surface area contributed by atoms with Crippen molar-refractivity contribution >= 4 is 5.97 Å². The molecule has 0 spiro atoms. The van der Waals surface area contributed by atoms with Crippen LogP contribution >= 0.6 is 0 Å². The summed E-state index contributed by atoms with van der Waals surface area (Å²) in [5.41, 5.74) is 1.06. The lowest BCUT2D eigenvalue weighted by molar-refractivity contribution is -0.156. The second-order valence-electron chi connectivity index (χ2n) is 5.66. The van der Waals surface area contributed by atoms with Crippen LogP contribution in [0.15, 0.2) is 24.3 Å². The van der Waals surface area contributed by atoms with E-state index in [-0.39, 0.29) is 11.4 Å². The van der Waals surface area contributed by atoms with Crippen molar-refractivity contribution < 1.29 is 9.53 Å². The van der Waals surface area contributed by atoms with Gasteiger partial charge in [-0.05, 0) is 34.6 Å². The molecule has 2 nitrogen and oxygen atoms in total. The molecule has 2 heteroatoms. The summed E-state index contributed by atoms with van der Waals surface area (Å²) < 4.78 is 5.31. The third-order valence-electron chi connectivity index (χ3n) is 2.80. The number of allylic oxidation sites excluding steroid dienone is 2. The SMILES string of the molecule is C=C(C)C(C)(CC(=O)OC(C)(C)C)C(=C)C. The van der Waals surface area contributed by atoms with Crippen molar-refractivity contribution in [2.75, 3.05) is 0 Å². The first-order chi connectivity index (χ1) is 6.99. The molecule has 0 aromatic carbocycles. The van der Waals surface area contributed by atoms with Crippen molar-refractivity contribution in [3.8, 4) is 0 Å². The van der Waals surface area contributed by atoms with Crippen LogP contribution in [0.3, 0.4) is 0 Å². The second-order valence-corrected chi connectivity index (χ2v) is 5.66. The summed E-state index contributed by atoms with van der Waals surface area (Å²) in [4.78, 5) is 11.8. The van der Waals surface area contributed by atoms with Crippen molar-refractivity contribution in [2.45, 2.75) is 53.6 Å². The monoisotopic (exact) mass is 224 g/mol. The van der Waals surface area contributed by atoms with Crippen LogP contribution in [0, 0.1) is 5.41 Å². The molecule has 0 heterocycles. The Kier molecular flexibility index (Phi) is 4.54. The van der Waals surface area contributed by atoms with Crippen LogP contribution in [0.4, 0.5) is 0 Å². The lowest BCUT2D eigenvalue weighted by Crippen LogP contribution is -2.29. The Morgan fingerprint density at radius 2 is 1.44 bits per heavy atom. The first-order valence-electron chi connectivity index (χ1n) is 5.53. The second kappa shape index (κ2) is 4.86. The number of hydrogen-bond donors (Lipinski definition) is 0. The number of esters is 1. The van der Waals surface area contributed by atoms with Crippen molar-refractivity contribution in [1.29, 1.82) is 0 Å². The molecule has 0 aromatic rings. The molecule has 0 atom stereocenters. The number of carbonyl (C=O) groups excluding carboxylic acids is 1. The Bertz CT molecular complexity index is 291. The van der Waals surface area contributed by atoms with Gasteiger partial charge in [0.05, 0.1) is 6.42 Å². The average molecular weight is 224 g/mol. The van der Waals surface area contributed by atoms with E-state index in [2.05, 4.69) is 13.2 Å². The largest absolute Gasteiger partial charge is 0.460 e. The summed E-state index contributed by atoms with van der Waals surface area (Å²) in [6.07, 6.45) is 0.301. The maximum absolute atomic E-state index is 11.8. The van der Waals surface area contributed by atoms with E-state index in [4.69, 9.17) is 4.74 Å². The molecule has 16 heavy (non-hydrogen) atoms. The van der Waals surface area contributed by atoms with E-state index in [0.717, 1.165) is 11.1 Å². The minimum Gasteiger partial charge on any atom is -0.460 e. The fourth-order valence-corrected chi connectivity index (χ4v) is 1.33. The van der Waals surface area contributed by atoms with Crippen LogP contribution in [0.25, 0.3) is 0 Å². The van der Waals surface area contributed by atoms with Gasteiger partial charge in [0.2, 0.25) is 0 Å². The number of carbonyl (C=O) groups is 1. The zero-order valence-corrected chi connectivity index (χ0v) is 11.4. The minimum atomic E-state index is -0.442. The van der Waals surface area contributed by atoms with E-state index < -0.39 is 5.60 Å². The molecule has 0 aliphatic carbocycles. The fraction of sp³-hybridized carbons (Fsp3) is 0.643. The first kappa shape index (κ1) is 14.9. The van der Waals surface area contributed by atoms with Gasteiger partial charge < -0.3 is 4.74 Å². The van der Waals surface area contributed by atoms with E-state index in [1.165, 1.54) is 0 Å². The highest BCUT2D eigenvalue weighted by Crippen LogP contribution is 2.37. The van der Waals surface area contributed by atoms with Gasteiger partial charge in [-0.1, -0.05) is 31.2 Å². The van der Waals surface area contributed by atoms with Gasteiger partial charge in [0.15, 0.2) is 0 Å². The maximum atomic E-state index is 11.8. The fourth-order valence-electron chi connectivity index (χ4n) is 1.33. The first-order valence-corrected chi connectivity index (χ1v) is 5.53. The van der Waals surface area contributed by atoms with Gasteiger partial charge in [-0.2, -0.15) is 0 Å². The van der Waals surface area contributed by atoms with Crippen molar-refractivity contribution in [3.63, 3.8) is 0 Å². The summed E-state index contributed by atoms with van der Waals surface area (Å²) >= 11 is 0. The lowest BCUT2D eigenvalue weighted by Gasteiger charge is -2.31. The van der Waals surface area contributed by atoms with Crippen LogP contribution in [0.1, 0.15) is 48.0 Å². The van der Waals surface area contributed by atoms with E-state index >= 15 is 0 Å². The summed E-state index contributed by atoms with van der Waals surface area (Å²) in [5.74, 6) is -0.207. The highest BCUT2D eigenvalue weighted by molar-refractivity contribution is 5.72. The molecule has 0 aliphatic rings. The average Bonchev–Trinajstić information content (AvgIpc) is 1.98. The van der Waals surface area contributed by atoms with Crippen molar-refractivity contribution in [3.05, 3.63) is 24.3 Å². The lowest BCUT2D eigenvalue weighted by atomic mass is 9.75. The molecule has 0 amide bonds. The van der Waals surface area contributed by atoms with Gasteiger partial charge in [0, 0.05) is 5.41 Å². The number of rotatable bonds is 4. The molecule has 0 fully saturated rings. The Balaban J connectivity index is 4.74. The summed E-state index contributed by atoms with van der Waals surface area (Å²) in [5, 5.41) is 0. The number of hydrogen-bond acceptors (Lipinski definition) is 2. The van der Waals surface area contributed by atoms with E-state index in [9.17, 15) is 4.79 Å². The van der Waals surface area contributed by atoms with Crippen molar-refractivity contribution in [1.82, 2.24) is 0 Å². The molecule has 0 N–H and O–H groups in total. The molecular formula is C14H24O2. The van der Waals surface area contributed by atoms with Gasteiger partial charge in [0.1, 0.15) is 5.60 Å². The molecular weight excluding hydrogens is 200 g/mol. The van der Waals surface area contributed by atoms with E-state index in [0.29, 0.717) is 6.42 Å². The quantitative estimate of drug-likeness (QED) is 0.535. The molecule has 0 bridgehead atoms. The summed E-state index contributed by atoms with van der Waals surface area (Å²) in [7, 11) is 0. The Labute approximate surface area is 99.4 Å². The molecule has 0 aromatic heterocycles. The summed E-state index contributed by atoms with van der Waals surface area (Å²) in [6, 6.07) is 0. The molecule has 0 saturated carbocycles. The van der Waals surface area contributed by atoms with Crippen LogP contribution < -0.4 is 0 Å². The van der Waals surface area contributed by atoms with Crippen molar-refractivity contribution in [2.24, 2.45) is 5.41 Å². The van der Waals surface area contributed by atoms with E-state index in [1.807, 2.05) is 41.5 Å². The molecule has 0 radical (unpaired) electrons. The third kappa shape index (κ3) is 4.21. The van der Waals surface area contributed by atoms with Crippen LogP contribution in [-0.4, -0.2) is 11.6 Å². The zero-order chi connectivity index (χ0) is 13.1. The normalized spacial score (nSPS) is 12.1. The summed E-state index contributed by atoms with van der Waals surface area (Å²) in [6.45, 7) is 19.3. The maximum Gasteiger partial charge on any atom is 0.307 e. The van der Waals surface area contributed by atoms with Crippen LogP contribution in [0.2, 0.25) is 0 Å². The minimum absolute atomic E-state index is 0.207. The molecule has 0 unspecified atom stereocenters. The van der Waals surface area contributed by atoms with Gasteiger partial charge in [-0.25, -0.2) is 0 Å². The Morgan fingerprint density at radius 1 is 1.06 bits per heavy atom. The Morgan fingerprint density at radius 3 is 1.69 bits per heavy atom. The topological polar surface area (TPSA) is 26.3 Å². The Hall–Kier alpha value is -1.05. The number of ether oxygens (including phenoxy) is 1. The third-order valence-corrected chi connectivity index (χ3v) is 2.80. The zero-order valence-electron chi connectivity index (χ0n) is 11.4. The highest BCUT2D eigenvalue weighted by Gasteiger charge is 2.31. The predicted molar refractivity (Wildman–Crippen MR) is 68.2 cm³/mol. The molecule has 0 saturated heterocycles. The molecule has 92 valence electrons. The molecule has 0 rings (SSSR count). The van der Waals surface area contributed by atoms with Crippen LogP contribution in [-0.2, 0) is 9.53 Å². The van der Waals surface area contributed by atoms with Gasteiger partial charge in [0.25, 0.3) is 0 Å². The van der Waals surface area contributed by atoms with E-state index in [1.54, 1.807) is 0 Å². The van der Waals surface area contributed by atoms with Gasteiger partial charge in [-0.3, -0.25) is 4.79 Å².